The molecule has 0 saturated heterocycles. The lowest BCUT2D eigenvalue weighted by Gasteiger charge is -2.26. The molecule has 1 aliphatic carbocycles. The highest BCUT2D eigenvalue weighted by atomic mass is 32.1. The number of rotatable bonds is 4. The van der Waals surface area contributed by atoms with Gasteiger partial charge in [0, 0.05) is 21.8 Å². The molecular weight excluding hydrogens is 214 g/mol. The van der Waals surface area contributed by atoms with E-state index in [-0.39, 0.29) is 0 Å². The number of hydrogen-bond donors (Lipinski definition) is 1. The number of aryl methyl sites for hydroxylation is 1. The zero-order valence-electron chi connectivity index (χ0n) is 10.5. The van der Waals surface area contributed by atoms with Gasteiger partial charge in [0.25, 0.3) is 0 Å². The largest absolute Gasteiger partial charge is 0.307 e. The van der Waals surface area contributed by atoms with Crippen LogP contribution < -0.4 is 5.32 Å². The molecule has 0 aliphatic heterocycles. The van der Waals surface area contributed by atoms with Gasteiger partial charge in [-0.1, -0.05) is 26.2 Å². The van der Waals surface area contributed by atoms with Crippen LogP contribution in [-0.4, -0.2) is 6.04 Å². The second-order valence-corrected chi connectivity index (χ2v) is 6.08. The second kappa shape index (κ2) is 5.83. The van der Waals surface area contributed by atoms with Gasteiger partial charge in [0.2, 0.25) is 0 Å². The van der Waals surface area contributed by atoms with Gasteiger partial charge in [-0.25, -0.2) is 0 Å². The standard InChI is InChI=1S/C14H23NS/c1-3-13-9-10-14(16-13)11(2)15-12-7-5-4-6-8-12/h9-12,15H,3-8H2,1-2H3. The first-order valence-electron chi connectivity index (χ1n) is 6.64. The summed E-state index contributed by atoms with van der Waals surface area (Å²) in [6, 6.07) is 5.87. The Morgan fingerprint density at radius 1 is 1.31 bits per heavy atom. The van der Waals surface area contributed by atoms with Crippen molar-refractivity contribution in [3.8, 4) is 0 Å². The molecule has 1 unspecified atom stereocenters. The monoisotopic (exact) mass is 237 g/mol. The van der Waals surface area contributed by atoms with Crippen LogP contribution in [0.5, 0.6) is 0 Å². The summed E-state index contributed by atoms with van der Waals surface area (Å²) in [6.45, 7) is 4.54. The van der Waals surface area contributed by atoms with Crippen molar-refractivity contribution in [1.29, 1.82) is 0 Å². The Morgan fingerprint density at radius 2 is 2.06 bits per heavy atom. The summed E-state index contributed by atoms with van der Waals surface area (Å²) < 4.78 is 0. The van der Waals surface area contributed by atoms with Crippen molar-refractivity contribution < 1.29 is 0 Å². The summed E-state index contributed by atoms with van der Waals surface area (Å²) in [5, 5.41) is 3.78. The van der Waals surface area contributed by atoms with Crippen molar-refractivity contribution in [1.82, 2.24) is 5.32 Å². The van der Waals surface area contributed by atoms with Crippen LogP contribution >= 0.6 is 11.3 Å². The Balaban J connectivity index is 1.88. The van der Waals surface area contributed by atoms with Crippen LogP contribution in [0.1, 0.15) is 61.7 Å². The molecule has 1 saturated carbocycles. The van der Waals surface area contributed by atoms with E-state index in [0.717, 1.165) is 6.04 Å². The smallest absolute Gasteiger partial charge is 0.0388 e. The van der Waals surface area contributed by atoms with E-state index in [1.54, 1.807) is 0 Å². The van der Waals surface area contributed by atoms with E-state index in [1.165, 1.54) is 48.3 Å². The molecule has 0 bridgehead atoms. The summed E-state index contributed by atoms with van der Waals surface area (Å²) in [5.74, 6) is 0. The molecule has 1 N–H and O–H groups in total. The minimum Gasteiger partial charge on any atom is -0.307 e. The minimum atomic E-state index is 0.536. The van der Waals surface area contributed by atoms with Crippen molar-refractivity contribution >= 4 is 11.3 Å². The number of thiophene rings is 1. The van der Waals surface area contributed by atoms with Gasteiger partial charge in [0.1, 0.15) is 0 Å². The second-order valence-electron chi connectivity index (χ2n) is 4.88. The van der Waals surface area contributed by atoms with Gasteiger partial charge in [0.15, 0.2) is 0 Å². The Morgan fingerprint density at radius 3 is 2.69 bits per heavy atom. The lowest BCUT2D eigenvalue weighted by atomic mass is 9.95. The van der Waals surface area contributed by atoms with Gasteiger partial charge in [-0.3, -0.25) is 0 Å². The molecule has 0 aromatic carbocycles. The summed E-state index contributed by atoms with van der Waals surface area (Å²) in [4.78, 5) is 3.01. The van der Waals surface area contributed by atoms with Gasteiger partial charge in [-0.15, -0.1) is 11.3 Å². The average Bonchev–Trinajstić information content (AvgIpc) is 2.79. The predicted molar refractivity (Wildman–Crippen MR) is 72.1 cm³/mol. The molecule has 2 rings (SSSR count). The highest BCUT2D eigenvalue weighted by molar-refractivity contribution is 7.12. The van der Waals surface area contributed by atoms with Gasteiger partial charge in [0.05, 0.1) is 0 Å². The van der Waals surface area contributed by atoms with Crippen molar-refractivity contribution in [3.05, 3.63) is 21.9 Å². The van der Waals surface area contributed by atoms with Crippen molar-refractivity contribution in [2.75, 3.05) is 0 Å². The third-order valence-electron chi connectivity index (χ3n) is 3.55. The number of hydrogen-bond acceptors (Lipinski definition) is 2. The van der Waals surface area contributed by atoms with Crippen LogP contribution in [0.3, 0.4) is 0 Å². The maximum Gasteiger partial charge on any atom is 0.0388 e. The average molecular weight is 237 g/mol. The zero-order valence-corrected chi connectivity index (χ0v) is 11.3. The van der Waals surface area contributed by atoms with E-state index < -0.39 is 0 Å². The van der Waals surface area contributed by atoms with E-state index in [1.807, 2.05) is 11.3 Å². The normalized spacial score (nSPS) is 19.9. The fraction of sp³-hybridized carbons (Fsp3) is 0.714. The third kappa shape index (κ3) is 3.08. The van der Waals surface area contributed by atoms with Crippen molar-refractivity contribution in [2.24, 2.45) is 0 Å². The van der Waals surface area contributed by atoms with Crippen molar-refractivity contribution in [2.45, 2.75) is 64.5 Å². The summed E-state index contributed by atoms with van der Waals surface area (Å²) in [7, 11) is 0. The molecule has 0 spiro atoms. The van der Waals surface area contributed by atoms with Crippen LogP contribution in [0.25, 0.3) is 0 Å². The Labute approximate surface area is 103 Å². The lowest BCUT2D eigenvalue weighted by molar-refractivity contribution is 0.348. The SMILES string of the molecule is CCc1ccc(C(C)NC2CCCCC2)s1. The molecule has 1 aliphatic rings. The van der Waals surface area contributed by atoms with Crippen molar-refractivity contribution in [3.63, 3.8) is 0 Å². The van der Waals surface area contributed by atoms with Crippen LogP contribution in [0, 0.1) is 0 Å². The maximum absolute atomic E-state index is 3.78. The first kappa shape index (κ1) is 12.1. The van der Waals surface area contributed by atoms with Gasteiger partial charge < -0.3 is 5.32 Å². The van der Waals surface area contributed by atoms with Gasteiger partial charge >= 0.3 is 0 Å². The summed E-state index contributed by atoms with van der Waals surface area (Å²) in [5.41, 5.74) is 0. The molecule has 90 valence electrons. The molecule has 0 radical (unpaired) electrons. The molecule has 1 aromatic rings. The van der Waals surface area contributed by atoms with Crippen LogP contribution in [-0.2, 0) is 6.42 Å². The van der Waals surface area contributed by atoms with E-state index in [9.17, 15) is 0 Å². The lowest BCUT2D eigenvalue weighted by Crippen LogP contribution is -2.32. The molecule has 1 fully saturated rings. The molecule has 2 heteroatoms. The zero-order chi connectivity index (χ0) is 11.4. The molecule has 1 nitrogen and oxygen atoms in total. The number of nitrogens with one attached hydrogen (secondary N) is 1. The molecule has 0 amide bonds. The molecular formula is C14H23NS. The van der Waals surface area contributed by atoms with Crippen LogP contribution in [0.15, 0.2) is 12.1 Å². The maximum atomic E-state index is 3.78. The topological polar surface area (TPSA) is 12.0 Å². The van der Waals surface area contributed by atoms with E-state index in [4.69, 9.17) is 0 Å². The van der Waals surface area contributed by atoms with E-state index >= 15 is 0 Å². The first-order chi connectivity index (χ1) is 7.79. The van der Waals surface area contributed by atoms with E-state index in [0.29, 0.717) is 6.04 Å². The van der Waals surface area contributed by atoms with Gasteiger partial charge in [-0.2, -0.15) is 0 Å². The fourth-order valence-electron chi connectivity index (χ4n) is 2.52. The molecule has 1 aromatic heterocycles. The quantitative estimate of drug-likeness (QED) is 0.823. The first-order valence-corrected chi connectivity index (χ1v) is 7.46. The highest BCUT2D eigenvalue weighted by Crippen LogP contribution is 2.26. The third-order valence-corrected chi connectivity index (χ3v) is 4.96. The molecule has 1 heterocycles. The highest BCUT2D eigenvalue weighted by Gasteiger charge is 2.16. The van der Waals surface area contributed by atoms with E-state index in [2.05, 4.69) is 31.3 Å². The van der Waals surface area contributed by atoms with Crippen LogP contribution in [0.2, 0.25) is 0 Å². The minimum absolute atomic E-state index is 0.536. The van der Waals surface area contributed by atoms with Crippen LogP contribution in [0.4, 0.5) is 0 Å². The molecule has 1 atom stereocenters. The fourth-order valence-corrected chi connectivity index (χ4v) is 3.49. The Kier molecular flexibility index (Phi) is 4.42. The molecule has 16 heavy (non-hydrogen) atoms. The summed E-state index contributed by atoms with van der Waals surface area (Å²) in [6.07, 6.45) is 8.17. The van der Waals surface area contributed by atoms with Gasteiger partial charge in [-0.05, 0) is 38.3 Å². The Hall–Kier alpha value is -0.340. The summed E-state index contributed by atoms with van der Waals surface area (Å²) >= 11 is 1.97. The predicted octanol–water partition coefficient (Wildman–Crippen LogP) is 4.29. The Bertz CT molecular complexity index is 312.